The molecule has 0 saturated carbocycles. The van der Waals surface area contributed by atoms with E-state index in [0.717, 1.165) is 0 Å². The number of aliphatic hydroxyl groups excluding tert-OH is 1. The molecule has 0 aliphatic carbocycles. The maximum absolute atomic E-state index is 12.1. The number of imidazole rings is 1. The number of nitrogens with zero attached hydrogens (tertiary/aromatic N) is 1. The molecule has 0 aromatic carbocycles. The van der Waals surface area contributed by atoms with Gasteiger partial charge in [-0.05, 0) is 6.92 Å². The van der Waals surface area contributed by atoms with E-state index in [-0.39, 0.29) is 12.2 Å². The van der Waals surface area contributed by atoms with Gasteiger partial charge < -0.3 is 36.9 Å². The molecule has 0 aliphatic rings. The van der Waals surface area contributed by atoms with E-state index in [9.17, 15) is 24.3 Å². The Kier molecular flexibility index (Phi) is 9.41. The number of aliphatic hydroxyl groups is 1. The normalized spacial score (nSPS) is 15.0. The zero-order valence-electron chi connectivity index (χ0n) is 15.1. The number of amides is 3. The number of nitrogens with one attached hydrogen (secondary N) is 4. The Hall–Kier alpha value is -2.64. The fourth-order valence-corrected chi connectivity index (χ4v) is 2.36. The van der Waals surface area contributed by atoms with Crippen LogP contribution in [0.15, 0.2) is 12.5 Å². The number of aromatic nitrogens is 2. The highest BCUT2D eigenvalue weighted by molar-refractivity contribution is 7.80. The Bertz CT molecular complexity index is 683. The van der Waals surface area contributed by atoms with E-state index < -0.39 is 54.5 Å². The fraction of sp³-hybridized carbons (Fsp3) is 0.533. The molecule has 1 aromatic heterocycles. The Balaban J connectivity index is 2.50. The van der Waals surface area contributed by atoms with Crippen molar-refractivity contribution < 1.29 is 29.4 Å². The topological polar surface area (TPSA) is 200 Å². The van der Waals surface area contributed by atoms with Gasteiger partial charge >= 0.3 is 5.97 Å². The summed E-state index contributed by atoms with van der Waals surface area (Å²) in [6.45, 7) is 0.659. The fourth-order valence-electron chi connectivity index (χ4n) is 2.10. The molecule has 3 amide bonds. The van der Waals surface area contributed by atoms with E-state index in [2.05, 4.69) is 38.5 Å². The Labute approximate surface area is 166 Å². The van der Waals surface area contributed by atoms with Crippen LogP contribution in [0.25, 0.3) is 0 Å². The van der Waals surface area contributed by atoms with Gasteiger partial charge in [-0.15, -0.1) is 0 Å². The van der Waals surface area contributed by atoms with Gasteiger partial charge in [0, 0.05) is 24.1 Å². The second kappa shape index (κ2) is 11.3. The first-order chi connectivity index (χ1) is 13.1. The third-order valence-corrected chi connectivity index (χ3v) is 4.00. The minimum atomic E-state index is -1.51. The van der Waals surface area contributed by atoms with Crippen LogP contribution in [0.2, 0.25) is 0 Å². The standard InChI is InChI=1S/C15H24N6O6S/c1-7(22)12(15(26)27)21-11(23)4-18-14(25)10(5-28)20-13(24)9(16)2-8-3-17-6-19-8/h3,6-7,9-10,12,22,28H,2,4-5,16H2,1H3,(H,17,19)(H,18,25)(H,20,24)(H,21,23)(H,26,27). The lowest BCUT2D eigenvalue weighted by Crippen LogP contribution is -2.55. The maximum Gasteiger partial charge on any atom is 0.328 e. The van der Waals surface area contributed by atoms with Crippen LogP contribution < -0.4 is 21.7 Å². The van der Waals surface area contributed by atoms with Crippen molar-refractivity contribution in [1.82, 2.24) is 25.9 Å². The summed E-state index contributed by atoms with van der Waals surface area (Å²) in [6, 6.07) is -3.49. The van der Waals surface area contributed by atoms with Crippen LogP contribution in [-0.2, 0) is 25.6 Å². The molecule has 4 unspecified atom stereocenters. The smallest absolute Gasteiger partial charge is 0.328 e. The van der Waals surface area contributed by atoms with Gasteiger partial charge in [0.15, 0.2) is 6.04 Å². The van der Waals surface area contributed by atoms with Gasteiger partial charge in [-0.1, -0.05) is 0 Å². The number of aliphatic carboxylic acids is 1. The first-order valence-corrected chi connectivity index (χ1v) is 8.91. The molecule has 28 heavy (non-hydrogen) atoms. The molecule has 1 aromatic rings. The Morgan fingerprint density at radius 2 is 1.96 bits per heavy atom. The molecule has 0 aliphatic heterocycles. The monoisotopic (exact) mass is 416 g/mol. The van der Waals surface area contributed by atoms with Crippen LogP contribution in [0.1, 0.15) is 12.6 Å². The summed E-state index contributed by atoms with van der Waals surface area (Å²) in [4.78, 5) is 53.6. The minimum absolute atomic E-state index is 0.0542. The van der Waals surface area contributed by atoms with Gasteiger partial charge in [-0.3, -0.25) is 14.4 Å². The lowest BCUT2D eigenvalue weighted by Gasteiger charge is -2.20. The van der Waals surface area contributed by atoms with Crippen molar-refractivity contribution in [2.24, 2.45) is 5.73 Å². The van der Waals surface area contributed by atoms with Crippen molar-refractivity contribution in [2.75, 3.05) is 12.3 Å². The number of aromatic amines is 1. The summed E-state index contributed by atoms with van der Waals surface area (Å²) in [5, 5.41) is 25.0. The molecule has 4 atom stereocenters. The second-order valence-corrected chi connectivity index (χ2v) is 6.34. The van der Waals surface area contributed by atoms with Crippen molar-refractivity contribution in [1.29, 1.82) is 0 Å². The predicted molar refractivity (Wildman–Crippen MR) is 100 cm³/mol. The molecule has 0 radical (unpaired) electrons. The van der Waals surface area contributed by atoms with E-state index in [1.165, 1.54) is 19.4 Å². The average molecular weight is 416 g/mol. The maximum atomic E-state index is 12.1. The Morgan fingerprint density at radius 3 is 2.46 bits per heavy atom. The molecule has 1 heterocycles. The highest BCUT2D eigenvalue weighted by Gasteiger charge is 2.26. The molecule has 12 nitrogen and oxygen atoms in total. The largest absolute Gasteiger partial charge is 0.480 e. The van der Waals surface area contributed by atoms with Gasteiger partial charge in [-0.2, -0.15) is 12.6 Å². The molecule has 0 spiro atoms. The molecule has 0 fully saturated rings. The van der Waals surface area contributed by atoms with E-state index in [1.54, 1.807) is 0 Å². The number of carboxylic acid groups (broad SMARTS) is 1. The summed E-state index contributed by atoms with van der Waals surface area (Å²) < 4.78 is 0. The van der Waals surface area contributed by atoms with E-state index in [4.69, 9.17) is 10.8 Å². The van der Waals surface area contributed by atoms with Crippen molar-refractivity contribution in [2.45, 2.75) is 37.6 Å². The second-order valence-electron chi connectivity index (χ2n) is 5.97. The zero-order valence-corrected chi connectivity index (χ0v) is 16.0. The summed E-state index contributed by atoms with van der Waals surface area (Å²) >= 11 is 4.00. The van der Waals surface area contributed by atoms with Gasteiger partial charge in [-0.25, -0.2) is 9.78 Å². The molecule has 156 valence electrons. The molecular formula is C15H24N6O6S. The van der Waals surface area contributed by atoms with Gasteiger partial charge in [0.1, 0.15) is 6.04 Å². The molecular weight excluding hydrogens is 392 g/mol. The SMILES string of the molecule is CC(O)C(NC(=O)CNC(=O)C(CS)NC(=O)C(N)Cc1cnc[nH]1)C(=O)O. The van der Waals surface area contributed by atoms with Crippen LogP contribution in [0, 0.1) is 0 Å². The van der Waals surface area contributed by atoms with Crippen LogP contribution in [-0.4, -0.2) is 80.4 Å². The molecule has 8 N–H and O–H groups in total. The number of carboxylic acids is 1. The van der Waals surface area contributed by atoms with Gasteiger partial charge in [0.2, 0.25) is 17.7 Å². The quantitative estimate of drug-likeness (QED) is 0.172. The third kappa shape index (κ3) is 7.54. The van der Waals surface area contributed by atoms with Crippen molar-refractivity contribution in [3.8, 4) is 0 Å². The number of carbonyl (C=O) groups excluding carboxylic acids is 3. The highest BCUT2D eigenvalue weighted by atomic mass is 32.1. The zero-order chi connectivity index (χ0) is 21.3. The number of rotatable bonds is 11. The first kappa shape index (κ1) is 23.4. The van der Waals surface area contributed by atoms with E-state index in [1.807, 2.05) is 0 Å². The third-order valence-electron chi connectivity index (χ3n) is 3.64. The number of carbonyl (C=O) groups is 4. The van der Waals surface area contributed by atoms with Crippen molar-refractivity contribution in [3.05, 3.63) is 18.2 Å². The van der Waals surface area contributed by atoms with Crippen LogP contribution in [0.4, 0.5) is 0 Å². The number of hydrogen-bond donors (Lipinski definition) is 8. The number of hydrogen-bond acceptors (Lipinski definition) is 8. The molecule has 13 heteroatoms. The minimum Gasteiger partial charge on any atom is -0.480 e. The number of thiol groups is 1. The molecule has 0 bridgehead atoms. The average Bonchev–Trinajstić information content (AvgIpc) is 3.14. The predicted octanol–water partition coefficient (Wildman–Crippen LogP) is -3.24. The van der Waals surface area contributed by atoms with Crippen molar-refractivity contribution in [3.63, 3.8) is 0 Å². The van der Waals surface area contributed by atoms with Crippen molar-refractivity contribution >= 4 is 36.3 Å². The molecule has 1 rings (SSSR count). The molecule has 0 saturated heterocycles. The first-order valence-electron chi connectivity index (χ1n) is 8.27. The summed E-state index contributed by atoms with van der Waals surface area (Å²) in [5.74, 6) is -3.57. The van der Waals surface area contributed by atoms with Gasteiger partial charge in [0.25, 0.3) is 0 Å². The summed E-state index contributed by atoms with van der Waals surface area (Å²) in [5.41, 5.74) is 6.44. The summed E-state index contributed by atoms with van der Waals surface area (Å²) in [6.07, 6.45) is 1.83. The summed E-state index contributed by atoms with van der Waals surface area (Å²) in [7, 11) is 0. The lowest BCUT2D eigenvalue weighted by atomic mass is 10.1. The lowest BCUT2D eigenvalue weighted by molar-refractivity contribution is -0.144. The number of H-pyrrole nitrogens is 1. The van der Waals surface area contributed by atoms with E-state index in [0.29, 0.717) is 5.69 Å². The Morgan fingerprint density at radius 1 is 1.29 bits per heavy atom. The highest BCUT2D eigenvalue weighted by Crippen LogP contribution is 1.98. The van der Waals surface area contributed by atoms with Gasteiger partial charge in [0.05, 0.1) is 25.0 Å². The van der Waals surface area contributed by atoms with Crippen LogP contribution >= 0.6 is 12.6 Å². The van der Waals surface area contributed by atoms with E-state index >= 15 is 0 Å². The number of nitrogens with two attached hydrogens (primary N) is 1. The van der Waals surface area contributed by atoms with Crippen LogP contribution in [0.5, 0.6) is 0 Å². The van der Waals surface area contributed by atoms with Crippen LogP contribution in [0.3, 0.4) is 0 Å².